The van der Waals surface area contributed by atoms with Crippen molar-refractivity contribution in [3.05, 3.63) is 0 Å². The van der Waals surface area contributed by atoms with Gasteiger partial charge in [0.2, 0.25) is 0 Å². The SMILES string of the molecule is CC(NCCC1CCN(C(=O)OC(C)(C)C)C1)C1CCCC1. The first-order valence-electron chi connectivity index (χ1n) is 9.06. The van der Waals surface area contributed by atoms with Crippen molar-refractivity contribution in [2.45, 2.75) is 77.9 Å². The van der Waals surface area contributed by atoms with Gasteiger partial charge in [0.1, 0.15) is 5.60 Å². The van der Waals surface area contributed by atoms with E-state index >= 15 is 0 Å². The molecular formula is C18H34N2O2. The molecule has 0 aromatic heterocycles. The van der Waals surface area contributed by atoms with E-state index in [1.54, 1.807) is 0 Å². The minimum atomic E-state index is -0.395. The third kappa shape index (κ3) is 5.45. The minimum absolute atomic E-state index is 0.151. The fourth-order valence-corrected chi connectivity index (χ4v) is 3.70. The predicted molar refractivity (Wildman–Crippen MR) is 90.0 cm³/mol. The van der Waals surface area contributed by atoms with Gasteiger partial charge in [-0.25, -0.2) is 4.79 Å². The smallest absolute Gasteiger partial charge is 0.410 e. The molecule has 0 radical (unpaired) electrons. The van der Waals surface area contributed by atoms with Crippen LogP contribution in [-0.2, 0) is 4.74 Å². The Morgan fingerprint density at radius 3 is 2.59 bits per heavy atom. The van der Waals surface area contributed by atoms with E-state index in [0.29, 0.717) is 12.0 Å². The summed E-state index contributed by atoms with van der Waals surface area (Å²) in [6.45, 7) is 10.9. The molecule has 4 heteroatoms. The maximum atomic E-state index is 12.1. The molecule has 0 bridgehead atoms. The molecule has 2 atom stereocenters. The van der Waals surface area contributed by atoms with E-state index in [2.05, 4.69) is 12.2 Å². The Bertz CT molecular complexity index is 359. The highest BCUT2D eigenvalue weighted by atomic mass is 16.6. The third-order valence-electron chi connectivity index (χ3n) is 5.06. The molecule has 2 rings (SSSR count). The lowest BCUT2D eigenvalue weighted by Crippen LogP contribution is -2.36. The number of hydrogen-bond acceptors (Lipinski definition) is 3. The Morgan fingerprint density at radius 1 is 1.27 bits per heavy atom. The van der Waals surface area contributed by atoms with Crippen molar-refractivity contribution in [3.8, 4) is 0 Å². The lowest BCUT2D eigenvalue weighted by Gasteiger charge is -2.24. The van der Waals surface area contributed by atoms with Crippen LogP contribution in [0.5, 0.6) is 0 Å². The second-order valence-corrected chi connectivity index (χ2v) is 8.16. The van der Waals surface area contributed by atoms with Crippen LogP contribution in [0.3, 0.4) is 0 Å². The average molecular weight is 310 g/mol. The minimum Gasteiger partial charge on any atom is -0.444 e. The van der Waals surface area contributed by atoms with Crippen LogP contribution in [0.15, 0.2) is 0 Å². The van der Waals surface area contributed by atoms with Crippen LogP contribution in [0.25, 0.3) is 0 Å². The fraction of sp³-hybridized carbons (Fsp3) is 0.944. The summed E-state index contributed by atoms with van der Waals surface area (Å²) in [6, 6.07) is 0.644. The monoisotopic (exact) mass is 310 g/mol. The number of amides is 1. The van der Waals surface area contributed by atoms with Crippen molar-refractivity contribution in [1.29, 1.82) is 0 Å². The van der Waals surface area contributed by atoms with E-state index in [4.69, 9.17) is 4.74 Å². The lowest BCUT2D eigenvalue weighted by molar-refractivity contribution is 0.0287. The molecule has 0 aromatic carbocycles. The molecule has 1 saturated carbocycles. The number of ether oxygens (including phenoxy) is 1. The topological polar surface area (TPSA) is 41.6 Å². The quantitative estimate of drug-likeness (QED) is 0.839. The van der Waals surface area contributed by atoms with Crippen molar-refractivity contribution in [3.63, 3.8) is 0 Å². The van der Waals surface area contributed by atoms with Crippen LogP contribution in [0.2, 0.25) is 0 Å². The van der Waals surface area contributed by atoms with Crippen LogP contribution in [0.1, 0.15) is 66.2 Å². The summed E-state index contributed by atoms with van der Waals surface area (Å²) < 4.78 is 5.45. The van der Waals surface area contributed by atoms with Gasteiger partial charge in [0.25, 0.3) is 0 Å². The van der Waals surface area contributed by atoms with Crippen molar-refractivity contribution < 1.29 is 9.53 Å². The lowest BCUT2D eigenvalue weighted by atomic mass is 9.99. The van der Waals surface area contributed by atoms with Crippen LogP contribution in [0, 0.1) is 11.8 Å². The van der Waals surface area contributed by atoms with Gasteiger partial charge in [0, 0.05) is 19.1 Å². The Hall–Kier alpha value is -0.770. The van der Waals surface area contributed by atoms with Crippen LogP contribution >= 0.6 is 0 Å². The molecule has 4 nitrogen and oxygen atoms in total. The second kappa shape index (κ2) is 7.67. The molecule has 1 amide bonds. The van der Waals surface area contributed by atoms with Crippen LogP contribution in [0.4, 0.5) is 4.79 Å². The van der Waals surface area contributed by atoms with Gasteiger partial charge in [-0.3, -0.25) is 0 Å². The molecule has 0 spiro atoms. The number of nitrogens with zero attached hydrogens (tertiary/aromatic N) is 1. The molecule has 1 N–H and O–H groups in total. The van der Waals surface area contributed by atoms with Gasteiger partial charge in [0.05, 0.1) is 0 Å². The van der Waals surface area contributed by atoms with Crippen molar-refractivity contribution in [2.75, 3.05) is 19.6 Å². The van der Waals surface area contributed by atoms with Crippen molar-refractivity contribution >= 4 is 6.09 Å². The molecule has 1 aliphatic heterocycles. The van der Waals surface area contributed by atoms with Gasteiger partial charge in [-0.15, -0.1) is 0 Å². The second-order valence-electron chi connectivity index (χ2n) is 8.16. The van der Waals surface area contributed by atoms with E-state index in [1.165, 1.54) is 25.7 Å². The van der Waals surface area contributed by atoms with Crippen LogP contribution < -0.4 is 5.32 Å². The number of likely N-dealkylation sites (tertiary alicyclic amines) is 1. The van der Waals surface area contributed by atoms with E-state index in [9.17, 15) is 4.79 Å². The number of rotatable bonds is 5. The number of carbonyl (C=O) groups excluding carboxylic acids is 1. The van der Waals surface area contributed by atoms with Gasteiger partial charge < -0.3 is 15.0 Å². The number of carbonyl (C=O) groups is 1. The highest BCUT2D eigenvalue weighted by molar-refractivity contribution is 5.68. The Kier molecular flexibility index (Phi) is 6.13. The van der Waals surface area contributed by atoms with Crippen molar-refractivity contribution in [1.82, 2.24) is 10.2 Å². The van der Waals surface area contributed by atoms with E-state index < -0.39 is 5.60 Å². The maximum absolute atomic E-state index is 12.1. The summed E-state index contributed by atoms with van der Waals surface area (Å²) in [5.74, 6) is 1.50. The maximum Gasteiger partial charge on any atom is 0.410 e. The molecule has 1 aliphatic carbocycles. The predicted octanol–water partition coefficient (Wildman–Crippen LogP) is 3.80. The average Bonchev–Trinajstić information content (AvgIpc) is 3.08. The normalized spacial score (nSPS) is 24.7. The van der Waals surface area contributed by atoms with E-state index in [1.807, 2.05) is 25.7 Å². The summed E-state index contributed by atoms with van der Waals surface area (Å²) in [4.78, 5) is 13.9. The molecule has 2 unspecified atom stereocenters. The van der Waals surface area contributed by atoms with Crippen molar-refractivity contribution in [2.24, 2.45) is 11.8 Å². The molecule has 1 saturated heterocycles. The van der Waals surface area contributed by atoms with E-state index in [0.717, 1.165) is 38.4 Å². The molecule has 2 aliphatic rings. The molecule has 22 heavy (non-hydrogen) atoms. The molecule has 128 valence electrons. The fourth-order valence-electron chi connectivity index (χ4n) is 3.70. The molecule has 2 fully saturated rings. The number of nitrogens with one attached hydrogen (secondary N) is 1. The van der Waals surface area contributed by atoms with Gasteiger partial charge in [-0.1, -0.05) is 12.8 Å². The van der Waals surface area contributed by atoms with Gasteiger partial charge >= 0.3 is 6.09 Å². The Balaban J connectivity index is 1.63. The van der Waals surface area contributed by atoms with Gasteiger partial charge in [0.15, 0.2) is 0 Å². The van der Waals surface area contributed by atoms with Gasteiger partial charge in [-0.2, -0.15) is 0 Å². The van der Waals surface area contributed by atoms with Gasteiger partial charge in [-0.05, 0) is 71.8 Å². The summed E-state index contributed by atoms with van der Waals surface area (Å²) in [6.07, 6.45) is 7.72. The number of hydrogen-bond donors (Lipinski definition) is 1. The summed E-state index contributed by atoms with van der Waals surface area (Å²) in [5.41, 5.74) is -0.395. The first kappa shape index (κ1) is 17.6. The molecular weight excluding hydrogens is 276 g/mol. The van der Waals surface area contributed by atoms with Crippen LogP contribution in [-0.4, -0.2) is 42.3 Å². The summed E-state index contributed by atoms with van der Waals surface area (Å²) in [7, 11) is 0. The zero-order valence-corrected chi connectivity index (χ0v) is 14.9. The Labute approximate surface area is 136 Å². The molecule has 1 heterocycles. The van der Waals surface area contributed by atoms with E-state index in [-0.39, 0.29) is 6.09 Å². The summed E-state index contributed by atoms with van der Waals surface area (Å²) in [5, 5.41) is 3.70. The zero-order chi connectivity index (χ0) is 16.2. The third-order valence-corrected chi connectivity index (χ3v) is 5.06. The first-order chi connectivity index (χ1) is 10.3. The zero-order valence-electron chi connectivity index (χ0n) is 14.9. The Morgan fingerprint density at radius 2 is 1.95 bits per heavy atom. The highest BCUT2D eigenvalue weighted by Crippen LogP contribution is 2.27. The highest BCUT2D eigenvalue weighted by Gasteiger charge is 2.29. The standard InChI is InChI=1S/C18H34N2O2/c1-14(16-7-5-6-8-16)19-11-9-15-10-12-20(13-15)17(21)22-18(2,3)4/h14-16,19H,5-13H2,1-4H3. The summed E-state index contributed by atoms with van der Waals surface area (Å²) >= 11 is 0. The molecule has 0 aromatic rings. The first-order valence-corrected chi connectivity index (χ1v) is 9.06. The largest absolute Gasteiger partial charge is 0.444 e.